The number of methoxy groups -OCH3 is 1. The first-order valence-corrected chi connectivity index (χ1v) is 4.80. The molecule has 0 aromatic heterocycles. The summed E-state index contributed by atoms with van der Waals surface area (Å²) < 4.78 is 31.2. The highest BCUT2D eigenvalue weighted by atomic mass is 35.5. The van der Waals surface area contributed by atoms with Gasteiger partial charge in [0.15, 0.2) is 0 Å². The van der Waals surface area contributed by atoms with Crippen molar-refractivity contribution >= 4 is 11.6 Å². The maximum Gasteiger partial charge on any atom is 0.145 e. The van der Waals surface area contributed by atoms with Gasteiger partial charge in [0.2, 0.25) is 0 Å². The second-order valence-electron chi connectivity index (χ2n) is 2.71. The van der Waals surface area contributed by atoms with Crippen LogP contribution in [0.5, 0.6) is 5.75 Å². The molecule has 0 saturated carbocycles. The lowest BCUT2D eigenvalue weighted by Gasteiger charge is -2.02. The number of ether oxygens (including phenoxy) is 1. The molecule has 1 aromatic carbocycles. The molecule has 0 aliphatic carbocycles. The van der Waals surface area contributed by atoms with Crippen LogP contribution in [0.25, 0.3) is 0 Å². The first-order valence-electron chi connectivity index (χ1n) is 4.27. The fourth-order valence-electron chi connectivity index (χ4n) is 0.985. The third-order valence-corrected chi connectivity index (χ3v) is 1.87. The second-order valence-corrected chi connectivity index (χ2v) is 3.08. The maximum absolute atomic E-state index is 13.3. The van der Waals surface area contributed by atoms with E-state index in [-0.39, 0.29) is 11.3 Å². The van der Waals surface area contributed by atoms with E-state index in [1.54, 1.807) is 0 Å². The second kappa shape index (κ2) is 5.57. The average molecular weight is 231 g/mol. The van der Waals surface area contributed by atoms with Gasteiger partial charge in [-0.2, -0.15) is 0 Å². The lowest BCUT2D eigenvalue weighted by atomic mass is 10.2. The molecule has 4 heteroatoms. The quantitative estimate of drug-likeness (QED) is 0.561. The van der Waals surface area contributed by atoms with Gasteiger partial charge in [0.1, 0.15) is 17.4 Å². The number of benzene rings is 1. The minimum Gasteiger partial charge on any atom is -0.497 e. The van der Waals surface area contributed by atoms with E-state index in [4.69, 9.17) is 16.3 Å². The Hall–Kier alpha value is -1.27. The molecule has 80 valence electrons. The number of halogens is 3. The average Bonchev–Trinajstić information content (AvgIpc) is 2.22. The summed E-state index contributed by atoms with van der Waals surface area (Å²) in [6.07, 6.45) is 0.395. The highest BCUT2D eigenvalue weighted by Gasteiger charge is 2.08. The molecule has 1 nitrogen and oxygen atoms in total. The van der Waals surface area contributed by atoms with Crippen molar-refractivity contribution in [3.05, 3.63) is 29.3 Å². The van der Waals surface area contributed by atoms with Gasteiger partial charge in [-0.25, -0.2) is 8.78 Å². The van der Waals surface area contributed by atoms with Gasteiger partial charge < -0.3 is 4.74 Å². The van der Waals surface area contributed by atoms with Gasteiger partial charge in [0, 0.05) is 24.4 Å². The molecule has 0 aliphatic rings. The Labute approximate surface area is 92.0 Å². The summed E-state index contributed by atoms with van der Waals surface area (Å²) in [5.41, 5.74) is -0.249. The lowest BCUT2D eigenvalue weighted by molar-refractivity contribution is 0.406. The fraction of sp³-hybridized carbons (Fsp3) is 0.273. The predicted octanol–water partition coefficient (Wildman–Crippen LogP) is 2.95. The van der Waals surface area contributed by atoms with Crippen molar-refractivity contribution in [1.82, 2.24) is 0 Å². The van der Waals surface area contributed by atoms with E-state index < -0.39 is 11.6 Å². The molecule has 0 N–H and O–H groups in total. The molecule has 0 amide bonds. The molecule has 0 heterocycles. The Morgan fingerprint density at radius 2 is 1.93 bits per heavy atom. The molecule has 0 fully saturated rings. The molecule has 15 heavy (non-hydrogen) atoms. The van der Waals surface area contributed by atoms with Crippen molar-refractivity contribution in [3.63, 3.8) is 0 Å². The Kier molecular flexibility index (Phi) is 4.38. The number of rotatable bonds is 2. The van der Waals surface area contributed by atoms with E-state index in [9.17, 15) is 8.78 Å². The summed E-state index contributed by atoms with van der Waals surface area (Å²) in [7, 11) is 1.34. The van der Waals surface area contributed by atoms with Gasteiger partial charge in [0.05, 0.1) is 12.7 Å². The largest absolute Gasteiger partial charge is 0.497 e. The fourth-order valence-corrected chi connectivity index (χ4v) is 1.08. The smallest absolute Gasteiger partial charge is 0.145 e. The van der Waals surface area contributed by atoms with Gasteiger partial charge in [-0.3, -0.25) is 0 Å². The Morgan fingerprint density at radius 1 is 1.33 bits per heavy atom. The van der Waals surface area contributed by atoms with Gasteiger partial charge in [-0.1, -0.05) is 11.8 Å². The van der Waals surface area contributed by atoms with Gasteiger partial charge in [0.25, 0.3) is 0 Å². The lowest BCUT2D eigenvalue weighted by Crippen LogP contribution is -1.93. The van der Waals surface area contributed by atoms with Crippen LogP contribution < -0.4 is 4.74 Å². The molecule has 0 atom stereocenters. The molecule has 0 spiro atoms. The van der Waals surface area contributed by atoms with Crippen molar-refractivity contribution in [2.24, 2.45) is 0 Å². The van der Waals surface area contributed by atoms with Crippen LogP contribution in [-0.4, -0.2) is 13.0 Å². The minimum atomic E-state index is -0.728. The van der Waals surface area contributed by atoms with E-state index in [0.29, 0.717) is 12.3 Å². The number of hydrogen-bond donors (Lipinski definition) is 0. The third-order valence-electron chi connectivity index (χ3n) is 1.68. The summed E-state index contributed by atoms with van der Waals surface area (Å²) in [6, 6.07) is 2.18. The zero-order valence-electron chi connectivity index (χ0n) is 8.11. The normalized spacial score (nSPS) is 9.33. The van der Waals surface area contributed by atoms with Crippen LogP contribution in [0.2, 0.25) is 0 Å². The summed E-state index contributed by atoms with van der Waals surface area (Å²) >= 11 is 5.39. The first-order chi connectivity index (χ1) is 7.19. The summed E-state index contributed by atoms with van der Waals surface area (Å²) in [5.74, 6) is 3.98. The van der Waals surface area contributed by atoms with E-state index in [0.717, 1.165) is 12.1 Å². The molecular weight excluding hydrogens is 222 g/mol. The summed E-state index contributed by atoms with van der Waals surface area (Å²) in [4.78, 5) is 0. The van der Waals surface area contributed by atoms with Crippen LogP contribution in [0.1, 0.15) is 12.0 Å². The summed E-state index contributed by atoms with van der Waals surface area (Å²) in [6.45, 7) is 0. The SMILES string of the molecule is COc1cc(F)c(C#CCCCl)c(F)c1. The minimum absolute atomic E-state index is 0.132. The van der Waals surface area contributed by atoms with Crippen LogP contribution in [0, 0.1) is 23.5 Å². The van der Waals surface area contributed by atoms with Crippen LogP contribution >= 0.6 is 11.6 Å². The van der Waals surface area contributed by atoms with Crippen LogP contribution in [0.3, 0.4) is 0 Å². The molecule has 0 bridgehead atoms. The predicted molar refractivity (Wildman–Crippen MR) is 55.1 cm³/mol. The monoisotopic (exact) mass is 230 g/mol. The molecule has 0 aliphatic heterocycles. The van der Waals surface area contributed by atoms with Crippen LogP contribution in [0.15, 0.2) is 12.1 Å². The maximum atomic E-state index is 13.3. The molecule has 0 radical (unpaired) electrons. The molecule has 1 aromatic rings. The van der Waals surface area contributed by atoms with Crippen molar-refractivity contribution < 1.29 is 13.5 Å². The molecular formula is C11H9ClF2O. The van der Waals surface area contributed by atoms with E-state index in [1.165, 1.54) is 7.11 Å². The van der Waals surface area contributed by atoms with E-state index >= 15 is 0 Å². The first kappa shape index (κ1) is 11.8. The van der Waals surface area contributed by atoms with Crippen molar-refractivity contribution in [3.8, 4) is 17.6 Å². The Balaban J connectivity index is 3.05. The number of hydrogen-bond acceptors (Lipinski definition) is 1. The van der Waals surface area contributed by atoms with Crippen LogP contribution in [0.4, 0.5) is 8.78 Å². The third kappa shape index (κ3) is 3.10. The number of alkyl halides is 1. The molecule has 0 saturated heterocycles. The highest BCUT2D eigenvalue weighted by Crippen LogP contribution is 2.19. The van der Waals surface area contributed by atoms with Crippen LogP contribution in [-0.2, 0) is 0 Å². The van der Waals surface area contributed by atoms with Crippen molar-refractivity contribution in [1.29, 1.82) is 0 Å². The van der Waals surface area contributed by atoms with Gasteiger partial charge in [-0.15, -0.1) is 11.6 Å². The standard InChI is InChI=1S/C11H9ClF2O/c1-15-8-6-10(13)9(11(14)7-8)4-2-3-5-12/h6-7H,3,5H2,1H3. The van der Waals surface area contributed by atoms with E-state index in [1.807, 2.05) is 0 Å². The zero-order chi connectivity index (χ0) is 11.3. The van der Waals surface area contributed by atoms with Gasteiger partial charge in [-0.05, 0) is 0 Å². The van der Waals surface area contributed by atoms with Crippen molar-refractivity contribution in [2.45, 2.75) is 6.42 Å². The Bertz CT molecular complexity index is 384. The summed E-state index contributed by atoms with van der Waals surface area (Å²) in [5, 5.41) is 0. The Morgan fingerprint density at radius 3 is 2.40 bits per heavy atom. The van der Waals surface area contributed by atoms with E-state index in [2.05, 4.69) is 11.8 Å². The molecule has 1 rings (SSSR count). The zero-order valence-corrected chi connectivity index (χ0v) is 8.87. The highest BCUT2D eigenvalue weighted by molar-refractivity contribution is 6.18. The molecule has 0 unspecified atom stereocenters. The van der Waals surface area contributed by atoms with Crippen molar-refractivity contribution in [2.75, 3.05) is 13.0 Å². The topological polar surface area (TPSA) is 9.23 Å². The van der Waals surface area contributed by atoms with Gasteiger partial charge >= 0.3 is 0 Å².